The number of nitrogens with one attached hydrogen (secondary N) is 1. The maximum atomic E-state index is 13.1. The Morgan fingerprint density at radius 2 is 1.93 bits per heavy atom. The molecule has 6 heteroatoms. The van der Waals surface area contributed by atoms with E-state index in [1.54, 1.807) is 11.3 Å². The van der Waals surface area contributed by atoms with E-state index >= 15 is 0 Å². The van der Waals surface area contributed by atoms with E-state index in [9.17, 15) is 4.79 Å². The van der Waals surface area contributed by atoms with Gasteiger partial charge in [-0.25, -0.2) is 4.98 Å². The number of fused-ring (bicyclic) bond motifs is 2. The summed E-state index contributed by atoms with van der Waals surface area (Å²) in [5, 5.41) is 3.86. The third-order valence-electron chi connectivity index (χ3n) is 4.84. The van der Waals surface area contributed by atoms with Gasteiger partial charge in [-0.1, -0.05) is 24.3 Å². The molecular weight excluding hydrogens is 384 g/mol. The number of rotatable bonds is 4. The number of nitrogens with zero attached hydrogens (tertiary/aromatic N) is 1. The maximum Gasteiger partial charge on any atom is 0.252 e. The maximum absolute atomic E-state index is 13.1. The molecule has 1 aliphatic rings. The predicted octanol–water partition coefficient (Wildman–Crippen LogP) is 4.93. The van der Waals surface area contributed by atoms with Crippen LogP contribution in [0, 0.1) is 6.92 Å². The number of amides is 1. The molecule has 0 saturated heterocycles. The number of para-hydroxylation sites is 1. The first-order valence-electron chi connectivity index (χ1n) is 9.31. The molecule has 4 aromatic rings. The van der Waals surface area contributed by atoms with Crippen LogP contribution in [0.15, 0.2) is 60.7 Å². The molecule has 2 aromatic carbocycles. The number of hydrogen-bond donors (Lipinski definition) is 1. The Morgan fingerprint density at radius 3 is 2.79 bits per heavy atom. The molecule has 2 aromatic heterocycles. The Hall–Kier alpha value is -3.38. The second-order valence-corrected chi connectivity index (χ2v) is 8.14. The lowest BCUT2D eigenvalue weighted by molar-refractivity contribution is 0.0952. The largest absolute Gasteiger partial charge is 0.454 e. The normalized spacial score (nSPS) is 12.3. The van der Waals surface area contributed by atoms with Gasteiger partial charge in [-0.2, -0.15) is 0 Å². The van der Waals surface area contributed by atoms with E-state index in [1.807, 2.05) is 54.6 Å². The van der Waals surface area contributed by atoms with Gasteiger partial charge in [0.25, 0.3) is 5.91 Å². The highest BCUT2D eigenvalue weighted by Gasteiger charge is 2.16. The predicted molar refractivity (Wildman–Crippen MR) is 114 cm³/mol. The smallest absolute Gasteiger partial charge is 0.252 e. The fraction of sp³-hybridized carbons (Fsp3) is 0.130. The molecule has 0 radical (unpaired) electrons. The van der Waals surface area contributed by atoms with Crippen LogP contribution in [0.2, 0.25) is 0 Å². The molecule has 29 heavy (non-hydrogen) atoms. The number of benzene rings is 2. The minimum Gasteiger partial charge on any atom is -0.454 e. The monoisotopic (exact) mass is 402 g/mol. The molecule has 0 spiro atoms. The van der Waals surface area contributed by atoms with Crippen molar-refractivity contribution >= 4 is 28.1 Å². The van der Waals surface area contributed by atoms with Gasteiger partial charge in [0.05, 0.1) is 21.7 Å². The Labute approximate surface area is 171 Å². The second kappa shape index (κ2) is 7.22. The summed E-state index contributed by atoms with van der Waals surface area (Å²) < 4.78 is 10.8. The lowest BCUT2D eigenvalue weighted by atomic mass is 10.1. The van der Waals surface area contributed by atoms with Crippen molar-refractivity contribution in [1.29, 1.82) is 0 Å². The number of aryl methyl sites for hydroxylation is 1. The molecule has 3 heterocycles. The highest BCUT2D eigenvalue weighted by atomic mass is 32.1. The molecule has 1 aliphatic heterocycles. The third-order valence-corrected chi connectivity index (χ3v) is 5.87. The third kappa shape index (κ3) is 3.43. The fourth-order valence-electron chi connectivity index (χ4n) is 3.39. The zero-order chi connectivity index (χ0) is 19.8. The van der Waals surface area contributed by atoms with Crippen LogP contribution < -0.4 is 14.8 Å². The number of aromatic nitrogens is 1. The number of carbonyl (C=O) groups excluding carboxylic acids is 1. The minimum atomic E-state index is -0.129. The summed E-state index contributed by atoms with van der Waals surface area (Å²) in [5.41, 5.74) is 3.20. The van der Waals surface area contributed by atoms with E-state index in [0.717, 1.165) is 32.8 Å². The van der Waals surface area contributed by atoms with Crippen LogP contribution in [0.1, 0.15) is 20.8 Å². The Bertz CT molecular complexity index is 1230. The van der Waals surface area contributed by atoms with Crippen LogP contribution in [0.3, 0.4) is 0 Å². The molecule has 0 unspecified atom stereocenters. The summed E-state index contributed by atoms with van der Waals surface area (Å²) in [6.07, 6.45) is 0. The standard InChI is InChI=1S/C23H18N2O3S/c1-14-6-9-22(29-14)19-11-17(16-4-2-3-5-18(16)25-19)23(26)24-12-15-7-8-20-21(10-15)28-13-27-20/h2-11H,12-13H2,1H3,(H,24,26). The number of pyridine rings is 1. The average molecular weight is 402 g/mol. The van der Waals surface area contributed by atoms with Crippen LogP contribution in [-0.2, 0) is 6.54 Å². The van der Waals surface area contributed by atoms with E-state index < -0.39 is 0 Å². The molecule has 5 rings (SSSR count). The van der Waals surface area contributed by atoms with Gasteiger partial charge in [0.1, 0.15) is 0 Å². The van der Waals surface area contributed by atoms with Gasteiger partial charge in [0, 0.05) is 16.8 Å². The van der Waals surface area contributed by atoms with Crippen molar-refractivity contribution < 1.29 is 14.3 Å². The molecule has 0 fully saturated rings. The van der Waals surface area contributed by atoms with Crippen molar-refractivity contribution in [2.75, 3.05) is 6.79 Å². The van der Waals surface area contributed by atoms with Crippen molar-refractivity contribution in [1.82, 2.24) is 10.3 Å². The van der Waals surface area contributed by atoms with Crippen molar-refractivity contribution in [3.8, 4) is 22.1 Å². The number of thiophene rings is 1. The highest BCUT2D eigenvalue weighted by molar-refractivity contribution is 7.15. The molecule has 1 amide bonds. The van der Waals surface area contributed by atoms with Crippen molar-refractivity contribution in [2.24, 2.45) is 0 Å². The average Bonchev–Trinajstić information content (AvgIpc) is 3.39. The van der Waals surface area contributed by atoms with Gasteiger partial charge in [-0.05, 0) is 48.9 Å². The summed E-state index contributed by atoms with van der Waals surface area (Å²) in [7, 11) is 0. The SMILES string of the molecule is Cc1ccc(-c2cc(C(=O)NCc3ccc4c(c3)OCO4)c3ccccc3n2)s1. The first-order valence-corrected chi connectivity index (χ1v) is 10.1. The Morgan fingerprint density at radius 1 is 1.07 bits per heavy atom. The summed E-state index contributed by atoms with van der Waals surface area (Å²) in [4.78, 5) is 20.1. The molecule has 0 atom stereocenters. The van der Waals surface area contributed by atoms with E-state index in [1.165, 1.54) is 4.88 Å². The topological polar surface area (TPSA) is 60.5 Å². The van der Waals surface area contributed by atoms with Crippen LogP contribution in [0.25, 0.3) is 21.5 Å². The molecule has 1 N–H and O–H groups in total. The van der Waals surface area contributed by atoms with Crippen LogP contribution >= 0.6 is 11.3 Å². The zero-order valence-corrected chi connectivity index (χ0v) is 16.6. The Balaban J connectivity index is 1.46. The van der Waals surface area contributed by atoms with Crippen molar-refractivity contribution in [3.05, 3.63) is 76.7 Å². The molecule has 0 aliphatic carbocycles. The lowest BCUT2D eigenvalue weighted by Gasteiger charge is -2.10. The van der Waals surface area contributed by atoms with Crippen molar-refractivity contribution in [3.63, 3.8) is 0 Å². The summed E-state index contributed by atoms with van der Waals surface area (Å²) in [5.74, 6) is 1.31. The quantitative estimate of drug-likeness (QED) is 0.526. The summed E-state index contributed by atoms with van der Waals surface area (Å²) in [6, 6.07) is 19.4. The van der Waals surface area contributed by atoms with Crippen molar-refractivity contribution in [2.45, 2.75) is 13.5 Å². The van der Waals surface area contributed by atoms with E-state index in [4.69, 9.17) is 14.5 Å². The van der Waals surface area contributed by atoms with E-state index in [2.05, 4.69) is 18.3 Å². The lowest BCUT2D eigenvalue weighted by Crippen LogP contribution is -2.23. The first-order chi connectivity index (χ1) is 14.2. The van der Waals surface area contributed by atoms with Gasteiger partial charge in [-0.15, -0.1) is 11.3 Å². The molecule has 0 saturated carbocycles. The van der Waals surface area contributed by atoms with Gasteiger partial charge in [-0.3, -0.25) is 4.79 Å². The summed E-state index contributed by atoms with van der Waals surface area (Å²) >= 11 is 1.67. The van der Waals surface area contributed by atoms with E-state index in [0.29, 0.717) is 17.9 Å². The van der Waals surface area contributed by atoms with E-state index in [-0.39, 0.29) is 12.7 Å². The van der Waals surface area contributed by atoms with Crippen LogP contribution in [0.4, 0.5) is 0 Å². The van der Waals surface area contributed by atoms with Crippen LogP contribution in [0.5, 0.6) is 11.5 Å². The van der Waals surface area contributed by atoms with Gasteiger partial charge in [0.15, 0.2) is 11.5 Å². The number of ether oxygens (including phenoxy) is 2. The molecular formula is C23H18N2O3S. The zero-order valence-electron chi connectivity index (χ0n) is 15.8. The second-order valence-electron chi connectivity index (χ2n) is 6.85. The fourth-order valence-corrected chi connectivity index (χ4v) is 4.22. The van der Waals surface area contributed by atoms with Crippen LogP contribution in [-0.4, -0.2) is 17.7 Å². The molecule has 5 nitrogen and oxygen atoms in total. The first kappa shape index (κ1) is 17.7. The van der Waals surface area contributed by atoms with Gasteiger partial charge in [0.2, 0.25) is 6.79 Å². The number of carbonyl (C=O) groups is 1. The Kier molecular flexibility index (Phi) is 4.41. The number of hydrogen-bond acceptors (Lipinski definition) is 5. The van der Waals surface area contributed by atoms with Gasteiger partial charge >= 0.3 is 0 Å². The highest BCUT2D eigenvalue weighted by Crippen LogP contribution is 2.33. The summed E-state index contributed by atoms with van der Waals surface area (Å²) in [6.45, 7) is 2.70. The minimum absolute atomic E-state index is 0.129. The molecule has 0 bridgehead atoms. The molecule has 144 valence electrons. The van der Waals surface area contributed by atoms with Gasteiger partial charge < -0.3 is 14.8 Å².